The maximum atomic E-state index is 13.3. The van der Waals surface area contributed by atoms with Crippen LogP contribution < -0.4 is 4.74 Å². The molecule has 9 nitrogen and oxygen atoms in total. The third-order valence-corrected chi connectivity index (χ3v) is 5.19. The van der Waals surface area contributed by atoms with Gasteiger partial charge in [-0.1, -0.05) is 18.2 Å². The molecule has 0 aliphatic carbocycles. The van der Waals surface area contributed by atoms with E-state index < -0.39 is 16.8 Å². The van der Waals surface area contributed by atoms with Gasteiger partial charge in [0.25, 0.3) is 11.6 Å². The Balaban J connectivity index is 1.82. The van der Waals surface area contributed by atoms with Crippen LogP contribution in [0.25, 0.3) is 22.2 Å². The van der Waals surface area contributed by atoms with Crippen LogP contribution >= 0.6 is 0 Å². The van der Waals surface area contributed by atoms with Gasteiger partial charge in [-0.3, -0.25) is 19.5 Å². The highest BCUT2D eigenvalue weighted by Gasteiger charge is 2.27. The van der Waals surface area contributed by atoms with Gasteiger partial charge in [0.1, 0.15) is 11.5 Å². The molecule has 0 spiro atoms. The van der Waals surface area contributed by atoms with Crippen LogP contribution in [0.1, 0.15) is 26.6 Å². The van der Waals surface area contributed by atoms with Gasteiger partial charge in [-0.25, -0.2) is 4.79 Å². The van der Waals surface area contributed by atoms with Gasteiger partial charge in [-0.2, -0.15) is 0 Å². The second-order valence-corrected chi connectivity index (χ2v) is 6.91. The molecule has 0 saturated heterocycles. The molecular weight excluding hydrogens is 416 g/mol. The summed E-state index contributed by atoms with van der Waals surface area (Å²) < 4.78 is 17.0. The molecular formula is C23H18N2O7. The smallest absolute Gasteiger partial charge is 0.340 e. The summed E-state index contributed by atoms with van der Waals surface area (Å²) in [7, 11) is 2.69. The number of fused-ring (bicyclic) bond motifs is 1. The number of nitro groups is 1. The lowest BCUT2D eigenvalue weighted by molar-refractivity contribution is -0.384. The van der Waals surface area contributed by atoms with Gasteiger partial charge in [0, 0.05) is 11.1 Å². The largest absolute Gasteiger partial charge is 0.497 e. The average Bonchev–Trinajstić information content (AvgIpc) is 3.40. The van der Waals surface area contributed by atoms with Gasteiger partial charge < -0.3 is 13.9 Å². The summed E-state index contributed by atoms with van der Waals surface area (Å²) in [6.45, 7) is 1.64. The number of hydrogen-bond donors (Lipinski definition) is 0. The molecule has 0 aliphatic rings. The first-order valence-electron chi connectivity index (χ1n) is 9.53. The SMILES string of the molecule is COC(=O)c1c(C)n(C(=O)c2ccc(-c3ccc(OC)cc3[N+](=O)[O-])o2)c2ccccc12. The molecule has 0 bridgehead atoms. The molecule has 4 aromatic rings. The summed E-state index contributed by atoms with van der Waals surface area (Å²) in [5, 5.41) is 12.1. The lowest BCUT2D eigenvalue weighted by Gasteiger charge is -2.06. The van der Waals surface area contributed by atoms with Crippen LogP contribution in [-0.2, 0) is 4.74 Å². The van der Waals surface area contributed by atoms with E-state index in [-0.39, 0.29) is 28.3 Å². The van der Waals surface area contributed by atoms with Crippen LogP contribution in [0.15, 0.2) is 59.0 Å². The zero-order chi connectivity index (χ0) is 23.0. The van der Waals surface area contributed by atoms with Crippen molar-refractivity contribution in [1.29, 1.82) is 0 Å². The van der Waals surface area contributed by atoms with Gasteiger partial charge in [0.2, 0.25) is 0 Å². The van der Waals surface area contributed by atoms with Crippen molar-refractivity contribution in [2.24, 2.45) is 0 Å². The first-order valence-corrected chi connectivity index (χ1v) is 9.53. The minimum atomic E-state index is -0.556. The molecule has 0 aliphatic heterocycles. The van der Waals surface area contributed by atoms with E-state index in [1.54, 1.807) is 37.3 Å². The zero-order valence-corrected chi connectivity index (χ0v) is 17.4. The fourth-order valence-electron chi connectivity index (χ4n) is 3.69. The molecule has 2 aromatic carbocycles. The van der Waals surface area contributed by atoms with Crippen molar-refractivity contribution in [2.45, 2.75) is 6.92 Å². The molecule has 0 unspecified atom stereocenters. The van der Waals surface area contributed by atoms with Gasteiger partial charge in [-0.15, -0.1) is 0 Å². The molecule has 4 rings (SSSR count). The molecule has 32 heavy (non-hydrogen) atoms. The summed E-state index contributed by atoms with van der Waals surface area (Å²) in [5.41, 5.74) is 1.20. The van der Waals surface area contributed by atoms with Crippen molar-refractivity contribution in [3.63, 3.8) is 0 Å². The molecule has 9 heteroatoms. The maximum absolute atomic E-state index is 13.3. The summed E-state index contributed by atoms with van der Waals surface area (Å²) in [4.78, 5) is 36.6. The Bertz CT molecular complexity index is 1380. The fraction of sp³-hybridized carbons (Fsp3) is 0.130. The number of carbonyl (C=O) groups is 2. The number of aromatic nitrogens is 1. The third kappa shape index (κ3) is 3.29. The van der Waals surface area contributed by atoms with Gasteiger partial charge in [0.15, 0.2) is 5.76 Å². The van der Waals surface area contributed by atoms with E-state index in [0.717, 1.165) is 0 Å². The highest BCUT2D eigenvalue weighted by atomic mass is 16.6. The van der Waals surface area contributed by atoms with Gasteiger partial charge in [-0.05, 0) is 37.3 Å². The number of methoxy groups -OCH3 is 2. The van der Waals surface area contributed by atoms with Crippen LogP contribution in [-0.4, -0.2) is 35.6 Å². The number of carbonyl (C=O) groups excluding carboxylic acids is 2. The lowest BCUT2D eigenvalue weighted by Crippen LogP contribution is -2.14. The Morgan fingerprint density at radius 2 is 1.81 bits per heavy atom. The minimum Gasteiger partial charge on any atom is -0.497 e. The predicted octanol–water partition coefficient (Wildman–Crippen LogP) is 4.60. The van der Waals surface area contributed by atoms with Crippen LogP contribution in [0.2, 0.25) is 0 Å². The summed E-state index contributed by atoms with van der Waals surface area (Å²) in [5.74, 6) is -0.626. The third-order valence-electron chi connectivity index (χ3n) is 5.19. The quantitative estimate of drug-likeness (QED) is 0.256. The van der Waals surface area contributed by atoms with Crippen LogP contribution in [0, 0.1) is 17.0 Å². The minimum absolute atomic E-state index is 0.0367. The number of nitro benzene ring substituents is 1. The van der Waals surface area contributed by atoms with E-state index in [2.05, 4.69) is 0 Å². The zero-order valence-electron chi connectivity index (χ0n) is 17.4. The average molecular weight is 434 g/mol. The summed E-state index contributed by atoms with van der Waals surface area (Å²) in [6.07, 6.45) is 0. The molecule has 0 N–H and O–H groups in total. The fourth-order valence-corrected chi connectivity index (χ4v) is 3.69. The number of hydrogen-bond acceptors (Lipinski definition) is 7. The standard InChI is InChI=1S/C23H18N2O7/c1-13-21(23(27)31-3)16-6-4-5-7-17(16)24(13)22(26)20-11-10-19(32-20)15-9-8-14(30-2)12-18(15)25(28)29/h4-12H,1-3H3. The van der Waals surface area contributed by atoms with Crippen molar-refractivity contribution in [1.82, 2.24) is 4.57 Å². The van der Waals surface area contributed by atoms with Crippen LogP contribution in [0.5, 0.6) is 5.75 Å². The Morgan fingerprint density at radius 3 is 2.50 bits per heavy atom. The number of rotatable bonds is 5. The molecule has 0 amide bonds. The number of benzene rings is 2. The molecule has 2 heterocycles. The van der Waals surface area contributed by atoms with Crippen molar-refractivity contribution in [3.05, 3.63) is 81.7 Å². The molecule has 0 fully saturated rings. The van der Waals surface area contributed by atoms with Gasteiger partial charge >= 0.3 is 5.97 Å². The van der Waals surface area contributed by atoms with Crippen molar-refractivity contribution < 1.29 is 28.4 Å². The van der Waals surface area contributed by atoms with Crippen molar-refractivity contribution in [3.8, 4) is 17.1 Å². The topological polar surface area (TPSA) is 114 Å². The Hall–Kier alpha value is -4.40. The molecule has 2 aromatic heterocycles. The van der Waals surface area contributed by atoms with Crippen LogP contribution in [0.4, 0.5) is 5.69 Å². The molecule has 0 atom stereocenters. The second-order valence-electron chi connectivity index (χ2n) is 6.91. The Kier molecular flexibility index (Phi) is 5.23. The van der Waals surface area contributed by atoms with E-state index in [0.29, 0.717) is 22.3 Å². The summed E-state index contributed by atoms with van der Waals surface area (Å²) >= 11 is 0. The van der Waals surface area contributed by atoms with E-state index in [1.807, 2.05) is 0 Å². The highest BCUT2D eigenvalue weighted by Crippen LogP contribution is 2.35. The normalized spacial score (nSPS) is 10.8. The number of esters is 1. The molecule has 0 saturated carbocycles. The monoisotopic (exact) mass is 434 g/mol. The van der Waals surface area contributed by atoms with E-state index >= 15 is 0 Å². The highest BCUT2D eigenvalue weighted by molar-refractivity contribution is 6.11. The second kappa shape index (κ2) is 8.03. The van der Waals surface area contributed by atoms with Gasteiger partial charge in [0.05, 0.1) is 41.9 Å². The summed E-state index contributed by atoms with van der Waals surface area (Å²) in [6, 6.07) is 14.2. The maximum Gasteiger partial charge on any atom is 0.340 e. The van der Waals surface area contributed by atoms with Crippen molar-refractivity contribution >= 4 is 28.5 Å². The molecule has 0 radical (unpaired) electrons. The number of nitrogens with zero attached hydrogens (tertiary/aromatic N) is 2. The van der Waals surface area contributed by atoms with E-state index in [1.165, 1.54) is 43.1 Å². The number of para-hydroxylation sites is 1. The Morgan fingerprint density at radius 1 is 1.06 bits per heavy atom. The lowest BCUT2D eigenvalue weighted by atomic mass is 10.1. The van der Waals surface area contributed by atoms with Crippen molar-refractivity contribution in [2.75, 3.05) is 14.2 Å². The Labute approximate surface area is 181 Å². The number of furan rings is 1. The predicted molar refractivity (Wildman–Crippen MR) is 115 cm³/mol. The van der Waals surface area contributed by atoms with E-state index in [4.69, 9.17) is 13.9 Å². The van der Waals surface area contributed by atoms with Crippen LogP contribution in [0.3, 0.4) is 0 Å². The number of ether oxygens (including phenoxy) is 2. The molecule has 162 valence electrons. The van der Waals surface area contributed by atoms with E-state index in [9.17, 15) is 19.7 Å². The first kappa shape index (κ1) is 20.9. The first-order chi connectivity index (χ1) is 15.4.